The van der Waals surface area contributed by atoms with E-state index in [4.69, 9.17) is 0 Å². The van der Waals surface area contributed by atoms with E-state index in [0.717, 1.165) is 6.42 Å². The maximum Gasteiger partial charge on any atom is 2.00 e. The second-order valence-corrected chi connectivity index (χ2v) is 6.40. The van der Waals surface area contributed by atoms with Gasteiger partial charge in [0.25, 0.3) is 0 Å². The minimum Gasteiger partial charge on any atom is -0.358 e. The van der Waals surface area contributed by atoms with Crippen molar-refractivity contribution >= 4 is 18.5 Å². The number of hydrogen-bond acceptors (Lipinski definition) is 2. The summed E-state index contributed by atoms with van der Waals surface area (Å²) in [5.74, 6) is 2.82. The summed E-state index contributed by atoms with van der Waals surface area (Å²) in [6.07, 6.45) is 10.0. The predicted molar refractivity (Wildman–Crippen MR) is 62.7 cm³/mol. The van der Waals surface area contributed by atoms with Gasteiger partial charge in [0, 0.05) is 12.7 Å². The van der Waals surface area contributed by atoms with Crippen LogP contribution in [0.5, 0.6) is 0 Å². The molecular formula is C11H15MnO2P. The number of carbonyl (C=O) groups excluding carboxylic acids is 2. The van der Waals surface area contributed by atoms with Crippen LogP contribution in [0.25, 0.3) is 0 Å². The molecule has 1 aliphatic rings. The molecule has 15 heavy (non-hydrogen) atoms. The average molecular weight is 265 g/mol. The molecule has 1 radical (unpaired) electrons. The van der Waals surface area contributed by atoms with Crippen molar-refractivity contribution in [2.75, 3.05) is 13.3 Å². The minimum atomic E-state index is -1.78. The van der Waals surface area contributed by atoms with Crippen LogP contribution in [0.15, 0.2) is 24.0 Å². The van der Waals surface area contributed by atoms with E-state index in [2.05, 4.69) is 12.2 Å². The summed E-state index contributed by atoms with van der Waals surface area (Å²) in [5, 5.41) is 0. The monoisotopic (exact) mass is 265 g/mol. The molecule has 0 saturated carbocycles. The SMILES string of the molecule is CP(C)(=C=O)C=C=O.[C-]1=CC=CC1.[CH3-].[Mn+2]. The molecule has 0 unspecified atom stereocenters. The van der Waals surface area contributed by atoms with Gasteiger partial charge in [-0.3, -0.25) is 6.08 Å². The third-order valence-electron chi connectivity index (χ3n) is 1.20. The topological polar surface area (TPSA) is 34.1 Å². The van der Waals surface area contributed by atoms with Crippen LogP contribution < -0.4 is 0 Å². The van der Waals surface area contributed by atoms with Crippen molar-refractivity contribution < 1.29 is 26.7 Å². The molecule has 0 atom stereocenters. The van der Waals surface area contributed by atoms with Crippen molar-refractivity contribution in [2.24, 2.45) is 0 Å². The van der Waals surface area contributed by atoms with Gasteiger partial charge in [-0.1, -0.05) is 0 Å². The van der Waals surface area contributed by atoms with E-state index in [1.807, 2.05) is 12.2 Å². The van der Waals surface area contributed by atoms with Gasteiger partial charge >= 0.3 is 17.1 Å². The fourth-order valence-corrected chi connectivity index (χ4v) is 0.815. The van der Waals surface area contributed by atoms with Gasteiger partial charge in [-0.2, -0.15) is 6.08 Å². The summed E-state index contributed by atoms with van der Waals surface area (Å²) in [7, 11) is 0. The largest absolute Gasteiger partial charge is 2.00 e. The van der Waals surface area contributed by atoms with Crippen molar-refractivity contribution in [1.82, 2.24) is 0 Å². The second-order valence-electron chi connectivity index (χ2n) is 2.88. The van der Waals surface area contributed by atoms with E-state index < -0.39 is 6.89 Å². The van der Waals surface area contributed by atoms with E-state index in [9.17, 15) is 9.59 Å². The van der Waals surface area contributed by atoms with Crippen LogP contribution in [0.4, 0.5) is 0 Å². The van der Waals surface area contributed by atoms with Crippen LogP contribution in [-0.4, -0.2) is 24.9 Å². The first kappa shape index (κ1) is 19.9. The Bertz CT molecular complexity index is 316. The Kier molecular flexibility index (Phi) is 15.3. The van der Waals surface area contributed by atoms with Crippen molar-refractivity contribution in [3.05, 3.63) is 37.5 Å². The Morgan fingerprint density at radius 2 is 2.00 bits per heavy atom. The van der Waals surface area contributed by atoms with Crippen molar-refractivity contribution in [3.8, 4) is 0 Å². The average Bonchev–Trinajstić information content (AvgIpc) is 2.61. The summed E-state index contributed by atoms with van der Waals surface area (Å²) in [6, 6.07) is 0. The van der Waals surface area contributed by atoms with E-state index in [1.165, 1.54) is 5.82 Å². The molecule has 0 N–H and O–H groups in total. The van der Waals surface area contributed by atoms with Gasteiger partial charge in [0.2, 0.25) is 0 Å². The fraction of sp³-hybridized carbons (Fsp3) is 0.273. The molecule has 0 spiro atoms. The van der Waals surface area contributed by atoms with E-state index >= 15 is 0 Å². The maximum absolute atomic E-state index is 9.93. The normalized spacial score (nSPS) is 10.8. The molecule has 1 aliphatic carbocycles. The molecule has 2 nitrogen and oxygen atoms in total. The van der Waals surface area contributed by atoms with Gasteiger partial charge < -0.3 is 7.43 Å². The zero-order valence-electron chi connectivity index (χ0n) is 9.16. The molecule has 0 fully saturated rings. The molecule has 0 amide bonds. The van der Waals surface area contributed by atoms with Crippen LogP contribution in [0, 0.1) is 13.5 Å². The Morgan fingerprint density at radius 3 is 2.13 bits per heavy atom. The van der Waals surface area contributed by atoms with Crippen LogP contribution in [0.2, 0.25) is 0 Å². The van der Waals surface area contributed by atoms with E-state index in [1.54, 1.807) is 24.9 Å². The Balaban J connectivity index is -0.000000180. The summed E-state index contributed by atoms with van der Waals surface area (Å²) in [4.78, 5) is 19.6. The molecule has 0 bridgehead atoms. The van der Waals surface area contributed by atoms with Gasteiger partial charge in [-0.05, 0) is 13.3 Å². The summed E-state index contributed by atoms with van der Waals surface area (Å²) in [5.41, 5.74) is 1.79. The molecule has 0 heterocycles. The third kappa shape index (κ3) is 13.5. The first-order valence-electron chi connectivity index (χ1n) is 3.79. The maximum atomic E-state index is 9.93. The molecule has 0 aromatic rings. The minimum absolute atomic E-state index is 0. The van der Waals surface area contributed by atoms with Crippen LogP contribution >= 0.6 is 6.89 Å². The third-order valence-corrected chi connectivity index (χ3v) is 2.42. The quantitative estimate of drug-likeness (QED) is 0.316. The van der Waals surface area contributed by atoms with Gasteiger partial charge in [0.1, 0.15) is 11.6 Å². The number of rotatable bonds is 1. The Morgan fingerprint density at radius 1 is 1.40 bits per heavy atom. The van der Waals surface area contributed by atoms with Gasteiger partial charge in [-0.15, -0.1) is 6.42 Å². The Labute approximate surface area is 103 Å². The predicted octanol–water partition coefficient (Wildman–Crippen LogP) is 2.43. The molecule has 0 aromatic heterocycles. The first-order valence-corrected chi connectivity index (χ1v) is 6.54. The molecule has 0 aliphatic heterocycles. The summed E-state index contributed by atoms with van der Waals surface area (Å²) < 4.78 is 0. The second kappa shape index (κ2) is 11.5. The zero-order valence-corrected chi connectivity index (χ0v) is 11.2. The van der Waals surface area contributed by atoms with Crippen LogP contribution in [-0.2, 0) is 26.7 Å². The standard InChI is InChI=1S/C5H7O2P.C5H5.CH3.Mn/c1-8(2,5-7)4-3-6;1-2-4-5-3-1;;/h4H,1-2H3;1-3H,4H2;1H3;/q;2*-1;+2. The molecule has 0 saturated heterocycles. The molecule has 4 heteroatoms. The van der Waals surface area contributed by atoms with Gasteiger partial charge in [-0.25, -0.2) is 21.7 Å². The first-order chi connectivity index (χ1) is 6.12. The van der Waals surface area contributed by atoms with Crippen molar-refractivity contribution in [3.63, 3.8) is 0 Å². The molecular weight excluding hydrogens is 250 g/mol. The van der Waals surface area contributed by atoms with Gasteiger partial charge in [0.05, 0.1) is 0 Å². The van der Waals surface area contributed by atoms with Crippen LogP contribution in [0.1, 0.15) is 6.42 Å². The molecule has 0 aromatic carbocycles. The zero-order chi connectivity index (χ0) is 10.2. The summed E-state index contributed by atoms with van der Waals surface area (Å²) >= 11 is 0. The number of allylic oxidation sites excluding steroid dienone is 4. The summed E-state index contributed by atoms with van der Waals surface area (Å²) in [6.45, 7) is 1.62. The molecule has 83 valence electrons. The van der Waals surface area contributed by atoms with E-state index in [-0.39, 0.29) is 24.5 Å². The Hall–Kier alpha value is -0.541. The van der Waals surface area contributed by atoms with Crippen molar-refractivity contribution in [1.29, 1.82) is 0 Å². The number of hydrogen-bond donors (Lipinski definition) is 0. The fourth-order valence-electron chi connectivity index (χ4n) is 0.498. The molecule has 1 rings (SSSR count). The smallest absolute Gasteiger partial charge is 0.358 e. The van der Waals surface area contributed by atoms with Gasteiger partial charge in [0.15, 0.2) is 0 Å². The van der Waals surface area contributed by atoms with Crippen LogP contribution in [0.3, 0.4) is 0 Å². The van der Waals surface area contributed by atoms with E-state index in [0.29, 0.717) is 0 Å². The van der Waals surface area contributed by atoms with Crippen molar-refractivity contribution in [2.45, 2.75) is 6.42 Å².